The predicted octanol–water partition coefficient (Wildman–Crippen LogP) is 4.91. The molecule has 0 unspecified atom stereocenters. The molecule has 1 aromatic carbocycles. The fourth-order valence-corrected chi connectivity index (χ4v) is 3.78. The van der Waals surface area contributed by atoms with Crippen LogP contribution in [-0.2, 0) is 19.9 Å². The Morgan fingerprint density at radius 3 is 2.67 bits per heavy atom. The molecular formula is C16H19NS. The number of hydrogen-bond donors (Lipinski definition) is 0. The molecule has 0 saturated carbocycles. The highest BCUT2D eigenvalue weighted by atomic mass is 32.1. The van der Waals surface area contributed by atoms with Crippen LogP contribution in [0.1, 0.15) is 30.7 Å². The lowest BCUT2D eigenvalue weighted by Crippen LogP contribution is -1.86. The maximum atomic E-state index is 2.38. The summed E-state index contributed by atoms with van der Waals surface area (Å²) < 4.78 is 2.34. The minimum Gasteiger partial charge on any atom is -0.335 e. The molecule has 0 N–H and O–H groups in total. The number of benzene rings is 1. The van der Waals surface area contributed by atoms with Crippen LogP contribution in [-0.4, -0.2) is 4.57 Å². The molecule has 0 bridgehead atoms. The third-order valence-electron chi connectivity index (χ3n) is 3.67. The topological polar surface area (TPSA) is 4.93 Å². The van der Waals surface area contributed by atoms with Crippen molar-refractivity contribution in [2.24, 2.45) is 7.05 Å². The molecule has 18 heavy (non-hydrogen) atoms. The number of thiophene rings is 1. The van der Waals surface area contributed by atoms with Gasteiger partial charge >= 0.3 is 0 Å². The molecule has 0 aliphatic heterocycles. The van der Waals surface area contributed by atoms with Crippen LogP contribution < -0.4 is 0 Å². The van der Waals surface area contributed by atoms with E-state index >= 15 is 0 Å². The third kappa shape index (κ3) is 1.67. The minimum absolute atomic E-state index is 1.13. The number of hydrogen-bond acceptors (Lipinski definition) is 1. The first-order valence-corrected chi connectivity index (χ1v) is 7.56. The van der Waals surface area contributed by atoms with Crippen LogP contribution in [0.4, 0.5) is 0 Å². The van der Waals surface area contributed by atoms with Crippen LogP contribution in [0.5, 0.6) is 0 Å². The van der Waals surface area contributed by atoms with E-state index in [0.717, 1.165) is 6.42 Å². The summed E-state index contributed by atoms with van der Waals surface area (Å²) in [6.07, 6.45) is 3.53. The normalized spacial score (nSPS) is 11.7. The van der Waals surface area contributed by atoms with Gasteiger partial charge in [0.25, 0.3) is 0 Å². The zero-order chi connectivity index (χ0) is 12.7. The molecule has 1 nitrogen and oxygen atoms in total. The van der Waals surface area contributed by atoms with Crippen molar-refractivity contribution in [2.45, 2.75) is 33.1 Å². The molecule has 3 rings (SSSR count). The largest absolute Gasteiger partial charge is 0.335 e. The van der Waals surface area contributed by atoms with Crippen LogP contribution in [0.2, 0.25) is 0 Å². The van der Waals surface area contributed by atoms with Crippen LogP contribution >= 0.6 is 11.3 Å². The van der Waals surface area contributed by atoms with E-state index in [1.807, 2.05) is 11.3 Å². The van der Waals surface area contributed by atoms with E-state index < -0.39 is 0 Å². The number of aryl methyl sites for hydroxylation is 3. The van der Waals surface area contributed by atoms with Gasteiger partial charge in [-0.2, -0.15) is 0 Å². The molecule has 0 spiro atoms. The summed E-state index contributed by atoms with van der Waals surface area (Å²) in [5.74, 6) is 0. The monoisotopic (exact) mass is 257 g/mol. The van der Waals surface area contributed by atoms with E-state index in [1.54, 1.807) is 0 Å². The van der Waals surface area contributed by atoms with Gasteiger partial charge in [0.15, 0.2) is 0 Å². The highest BCUT2D eigenvalue weighted by Crippen LogP contribution is 2.35. The highest BCUT2D eigenvalue weighted by Gasteiger charge is 2.11. The number of nitrogens with zero attached hydrogens (tertiary/aromatic N) is 1. The van der Waals surface area contributed by atoms with Crippen molar-refractivity contribution in [3.05, 3.63) is 34.7 Å². The first kappa shape index (κ1) is 11.8. The molecule has 94 valence electrons. The fraction of sp³-hybridized carbons (Fsp3) is 0.375. The highest BCUT2D eigenvalue weighted by molar-refractivity contribution is 7.19. The van der Waals surface area contributed by atoms with Gasteiger partial charge in [-0.3, -0.25) is 0 Å². The quantitative estimate of drug-likeness (QED) is 0.628. The van der Waals surface area contributed by atoms with Crippen molar-refractivity contribution in [1.82, 2.24) is 4.57 Å². The second kappa shape index (κ2) is 4.43. The Kier molecular flexibility index (Phi) is 2.90. The first-order valence-electron chi connectivity index (χ1n) is 6.74. The zero-order valence-corrected chi connectivity index (χ0v) is 12.1. The van der Waals surface area contributed by atoms with E-state index in [9.17, 15) is 0 Å². The van der Waals surface area contributed by atoms with Crippen LogP contribution in [0.15, 0.2) is 24.3 Å². The second-order valence-electron chi connectivity index (χ2n) is 4.95. The van der Waals surface area contributed by atoms with Gasteiger partial charge in [-0.05, 0) is 36.6 Å². The van der Waals surface area contributed by atoms with Gasteiger partial charge in [0.1, 0.15) is 4.83 Å². The van der Waals surface area contributed by atoms with E-state index in [2.05, 4.69) is 49.7 Å². The predicted molar refractivity (Wildman–Crippen MR) is 81.7 cm³/mol. The molecule has 2 aromatic heterocycles. The third-order valence-corrected chi connectivity index (χ3v) is 5.02. The molecule has 0 aliphatic rings. The molecule has 2 heterocycles. The lowest BCUT2D eigenvalue weighted by Gasteiger charge is -2.01. The summed E-state index contributed by atoms with van der Waals surface area (Å²) in [6, 6.07) is 9.31. The summed E-state index contributed by atoms with van der Waals surface area (Å²) in [5.41, 5.74) is 2.82. The summed E-state index contributed by atoms with van der Waals surface area (Å²) >= 11 is 1.93. The molecule has 0 radical (unpaired) electrons. The smallest absolute Gasteiger partial charge is 0.103 e. The van der Waals surface area contributed by atoms with Gasteiger partial charge in [-0.15, -0.1) is 11.3 Å². The van der Waals surface area contributed by atoms with E-state index in [4.69, 9.17) is 0 Å². The van der Waals surface area contributed by atoms with Crippen molar-refractivity contribution in [2.75, 3.05) is 0 Å². The van der Waals surface area contributed by atoms with Crippen molar-refractivity contribution in [3.63, 3.8) is 0 Å². The summed E-state index contributed by atoms with van der Waals surface area (Å²) in [5, 5.41) is 2.86. The standard InChI is InChI=1S/C16H19NS/c1-4-6-11-7-8-15-13(9-11)14-10-12(5-2)18-16(14)17(15)3/h7-10H,4-6H2,1-3H3. The van der Waals surface area contributed by atoms with Gasteiger partial charge in [-0.25, -0.2) is 0 Å². The molecule has 0 aliphatic carbocycles. The molecule has 3 aromatic rings. The van der Waals surface area contributed by atoms with Crippen LogP contribution in [0, 0.1) is 0 Å². The van der Waals surface area contributed by atoms with E-state index in [1.165, 1.54) is 44.4 Å². The fourth-order valence-electron chi connectivity index (χ4n) is 2.69. The van der Waals surface area contributed by atoms with Crippen LogP contribution in [0.3, 0.4) is 0 Å². The lowest BCUT2D eigenvalue weighted by molar-refractivity contribution is 0.923. The van der Waals surface area contributed by atoms with Crippen molar-refractivity contribution in [3.8, 4) is 0 Å². The summed E-state index contributed by atoms with van der Waals surface area (Å²) in [6.45, 7) is 4.47. The number of rotatable bonds is 3. The molecular weight excluding hydrogens is 238 g/mol. The van der Waals surface area contributed by atoms with Crippen molar-refractivity contribution < 1.29 is 0 Å². The Morgan fingerprint density at radius 2 is 1.94 bits per heavy atom. The van der Waals surface area contributed by atoms with E-state index in [-0.39, 0.29) is 0 Å². The number of aromatic nitrogens is 1. The Balaban J connectivity index is 2.30. The van der Waals surface area contributed by atoms with Crippen molar-refractivity contribution in [1.29, 1.82) is 0 Å². The van der Waals surface area contributed by atoms with Gasteiger partial charge in [0.2, 0.25) is 0 Å². The Bertz CT molecular complexity index is 703. The maximum Gasteiger partial charge on any atom is 0.103 e. The summed E-state index contributed by atoms with van der Waals surface area (Å²) in [4.78, 5) is 2.90. The molecule has 0 atom stereocenters. The average molecular weight is 257 g/mol. The number of fused-ring (bicyclic) bond motifs is 3. The van der Waals surface area contributed by atoms with Gasteiger partial charge in [0.05, 0.1) is 0 Å². The second-order valence-corrected chi connectivity index (χ2v) is 6.06. The Morgan fingerprint density at radius 1 is 1.11 bits per heavy atom. The summed E-state index contributed by atoms with van der Waals surface area (Å²) in [7, 11) is 2.18. The van der Waals surface area contributed by atoms with Crippen molar-refractivity contribution >= 4 is 32.5 Å². The molecule has 2 heteroatoms. The Labute approximate surface area is 112 Å². The van der Waals surface area contributed by atoms with Gasteiger partial charge in [0, 0.05) is 28.2 Å². The average Bonchev–Trinajstić information content (AvgIpc) is 2.91. The molecule has 0 amide bonds. The molecule has 0 fully saturated rings. The SMILES string of the molecule is CCCc1ccc2c(c1)c1cc(CC)sc1n2C. The minimum atomic E-state index is 1.13. The lowest BCUT2D eigenvalue weighted by atomic mass is 10.1. The van der Waals surface area contributed by atoms with Gasteiger partial charge < -0.3 is 4.57 Å². The van der Waals surface area contributed by atoms with E-state index in [0.29, 0.717) is 0 Å². The zero-order valence-electron chi connectivity index (χ0n) is 11.3. The Hall–Kier alpha value is -1.28. The molecule has 0 saturated heterocycles. The maximum absolute atomic E-state index is 2.38. The van der Waals surface area contributed by atoms with Gasteiger partial charge in [-0.1, -0.05) is 26.3 Å². The van der Waals surface area contributed by atoms with Crippen LogP contribution in [0.25, 0.3) is 21.1 Å². The first-order chi connectivity index (χ1) is 8.74.